The van der Waals surface area contributed by atoms with Gasteiger partial charge in [-0.3, -0.25) is 57.5 Å². The third kappa shape index (κ3) is 21.9. The lowest BCUT2D eigenvalue weighted by atomic mass is 9.74. The van der Waals surface area contributed by atoms with E-state index < -0.39 is 236 Å². The summed E-state index contributed by atoms with van der Waals surface area (Å²) in [5.41, 5.74) is -1.71. The Morgan fingerprint density at radius 3 is 1.72 bits per heavy atom. The first-order chi connectivity index (χ1) is 52.6. The predicted octanol–water partition coefficient (Wildman–Crippen LogP) is 7.45. The smallest absolute Gasteiger partial charge is 0.377 e. The first-order valence-electron chi connectivity index (χ1n) is 40.6. The van der Waals surface area contributed by atoms with E-state index in [9.17, 15) is 49.9 Å². The van der Waals surface area contributed by atoms with Crippen molar-refractivity contribution < 1.29 is 102 Å². The highest BCUT2D eigenvalue weighted by Gasteiger charge is 2.56. The fraction of sp³-hybridized carbons (Fsp3) is 0.846. The number of carbonyl (C=O) groups excluding carboxylic acids is 12. The maximum absolute atomic E-state index is 15.6. The van der Waals surface area contributed by atoms with Crippen molar-refractivity contribution in [3.63, 3.8) is 0 Å². The van der Waals surface area contributed by atoms with Crippen molar-refractivity contribution in [2.45, 2.75) is 291 Å². The Hall–Kier alpha value is -7.03. The maximum atomic E-state index is 15.6. The molecule has 3 heterocycles. The molecule has 12 amide bonds. The number of amides is 12. The minimum Gasteiger partial charge on any atom is -0.377 e. The number of fused-ring (bicyclic) bond motifs is 3. The lowest BCUT2D eigenvalue weighted by Gasteiger charge is -2.46. The molecule has 112 heavy (non-hydrogen) atoms. The molecule has 8 fully saturated rings. The Bertz CT molecular complexity index is 3300. The largest absolute Gasteiger partial charge is 0.397 e. The number of halogens is 9. The van der Waals surface area contributed by atoms with Crippen molar-refractivity contribution in [2.75, 3.05) is 89.2 Å². The van der Waals surface area contributed by atoms with Gasteiger partial charge >= 0.3 is 12.4 Å². The second kappa shape index (κ2) is 39.1. The fourth-order valence-electron chi connectivity index (χ4n) is 18.5. The summed E-state index contributed by atoms with van der Waals surface area (Å²) >= 11 is 0. The van der Waals surface area contributed by atoms with Gasteiger partial charge in [0.05, 0.1) is 31.5 Å². The average Bonchev–Trinajstić information content (AvgIpc) is 0.986. The van der Waals surface area contributed by atoms with Gasteiger partial charge in [-0.1, -0.05) is 46.0 Å². The molecule has 1 spiro atoms. The summed E-state index contributed by atoms with van der Waals surface area (Å²) in [6, 6.07) is -11.5. The molecule has 3 N–H and O–H groups in total. The molecule has 2 unspecified atom stereocenters. The highest BCUT2D eigenvalue weighted by atomic mass is 19.4. The van der Waals surface area contributed by atoms with Crippen LogP contribution in [0.4, 0.5) is 39.5 Å². The molecule has 2 bridgehead atoms. The average molecular weight is 1610 g/mol. The number of nitrogens with zero attached hydrogens (tertiary/aromatic N) is 9. The first-order valence-corrected chi connectivity index (χ1v) is 40.6. The van der Waals surface area contributed by atoms with Crippen molar-refractivity contribution in [1.82, 2.24) is 60.0 Å². The highest BCUT2D eigenvalue weighted by Crippen LogP contribution is 2.46. The van der Waals surface area contributed by atoms with E-state index in [2.05, 4.69) is 16.0 Å². The van der Waals surface area contributed by atoms with Crippen molar-refractivity contribution in [1.29, 1.82) is 0 Å². The summed E-state index contributed by atoms with van der Waals surface area (Å²) in [7, 11) is 10.9. The highest BCUT2D eigenvalue weighted by molar-refractivity contribution is 6.01. The van der Waals surface area contributed by atoms with Crippen LogP contribution in [0.3, 0.4) is 0 Å². The van der Waals surface area contributed by atoms with Crippen LogP contribution >= 0.6 is 0 Å². The Labute approximate surface area is 652 Å². The zero-order chi connectivity index (χ0) is 82.8. The van der Waals surface area contributed by atoms with Crippen LogP contribution in [-0.2, 0) is 62.3 Å². The third-order valence-corrected chi connectivity index (χ3v) is 25.9. The fourth-order valence-corrected chi connectivity index (χ4v) is 18.5. The van der Waals surface area contributed by atoms with E-state index in [1.54, 1.807) is 20.8 Å². The molecule has 0 aromatic rings. The number of likely N-dealkylation sites (N-methyl/N-ethyl adjacent to an activating group) is 7. The topological polar surface area (TPSA) is 279 Å². The van der Waals surface area contributed by atoms with E-state index >= 15 is 47.1 Å². The number of rotatable bonds is 13. The SMILES string of the molecule is CCO[C@@H]1C[C@H]2C(=O)NC3(CCC3)C(=O)N(C)[C@@H](C3CCCC3)C(=O)N(C)[C@H](C(=O)N(C)C)CC(=O)N(C)[C@@H](CC3CCC(F)CC3)C(=O)N[C@@H]([C@@H](C)CC)C(=O)N(C)CC(=O)N(C)[C@H]3CCCCCN(C3=O)[C@@H](CC3CCC(C(F)(F)F)CC3)C(=O)N(C)CC(=O)N[C@@H](CCC3CC(F)C(C(F)(F)F)C(F)C3)C(=O)N2C1. The van der Waals surface area contributed by atoms with Crippen LogP contribution in [0.25, 0.3) is 0 Å². The van der Waals surface area contributed by atoms with Gasteiger partial charge in [-0.2, -0.15) is 26.3 Å². The summed E-state index contributed by atoms with van der Waals surface area (Å²) in [5.74, 6) is -17.2. The summed E-state index contributed by atoms with van der Waals surface area (Å²) in [5, 5.41) is 8.44. The minimum absolute atomic E-state index is 0.00137. The minimum atomic E-state index is -5.22. The molecule has 8 aliphatic rings. The number of alkyl halides is 9. The Kier molecular flexibility index (Phi) is 31.6. The zero-order valence-corrected chi connectivity index (χ0v) is 67.0. The molecule has 0 aromatic heterocycles. The summed E-state index contributed by atoms with van der Waals surface area (Å²) in [6.07, 6.45) is -15.6. The molecule has 3 aliphatic heterocycles. The molecular formula is C78H121F9N12O13. The van der Waals surface area contributed by atoms with E-state index in [0.29, 0.717) is 70.6 Å². The molecule has 0 aromatic carbocycles. The van der Waals surface area contributed by atoms with Gasteiger partial charge in [0.25, 0.3) is 0 Å². The lowest BCUT2D eigenvalue weighted by Crippen LogP contribution is -2.68. The quantitative estimate of drug-likeness (QED) is 0.151. The van der Waals surface area contributed by atoms with Gasteiger partial charge in [-0.25, -0.2) is 13.2 Å². The van der Waals surface area contributed by atoms with Crippen LogP contribution in [-0.4, -0.2) is 295 Å². The van der Waals surface area contributed by atoms with Crippen molar-refractivity contribution in [3.05, 3.63) is 0 Å². The van der Waals surface area contributed by atoms with E-state index in [1.807, 2.05) is 0 Å². The van der Waals surface area contributed by atoms with Gasteiger partial charge < -0.3 is 64.8 Å². The monoisotopic (exact) mass is 1600 g/mol. The Balaban J connectivity index is 1.21. The van der Waals surface area contributed by atoms with E-state index in [4.69, 9.17) is 4.74 Å². The number of carbonyl (C=O) groups is 12. The molecule has 8 rings (SSSR count). The van der Waals surface area contributed by atoms with Crippen LogP contribution in [0.2, 0.25) is 0 Å². The number of ether oxygens (including phenoxy) is 1. The number of hydrogen-bond acceptors (Lipinski definition) is 13. The summed E-state index contributed by atoms with van der Waals surface area (Å²) in [6.45, 7) is 3.29. The van der Waals surface area contributed by atoms with Crippen LogP contribution in [0, 0.1) is 41.4 Å². The van der Waals surface area contributed by atoms with Gasteiger partial charge in [0.1, 0.15) is 78.3 Å². The molecule has 5 saturated carbocycles. The zero-order valence-electron chi connectivity index (χ0n) is 67.0. The first kappa shape index (κ1) is 90.5. The number of nitrogens with one attached hydrogen (secondary N) is 3. The maximum Gasteiger partial charge on any atom is 0.397 e. The third-order valence-electron chi connectivity index (χ3n) is 25.9. The Morgan fingerprint density at radius 1 is 0.571 bits per heavy atom. The standard InChI is InChI=1S/C78H121F9N12O13/c1-12-45(3)65-73(109)93(7)44-63(102)94(8)56-22-15-14-18-35-98(72(56)108)60(39-46-23-28-50(29-24-46)77(82,83)84)71(107)92(6)43-61(100)88-55(32-27-48-36-53(80)64(54(81)37-48)78(85,86)87)69(105)99-42-52(112-13-2)40-58(99)68(104)90-76(33-19-34-76)75(111)97(11)66(49-20-16-17-21-49)74(110)96(10)59(70(106)91(4)5)41-62(101)95(9)57(67(103)89-65)38-47-25-30-51(79)31-26-47/h45-60,64-66H,12-44H2,1-11H3,(H,88,100)(H,89,103)(H,90,104)/t45-,46?,47?,48?,50?,51?,52+,53?,54?,55-,56-,57-,58-,59-,60-,64?,65-,66-/m0/s1. The van der Waals surface area contributed by atoms with Gasteiger partial charge in [0.15, 0.2) is 0 Å². The molecule has 25 nitrogen and oxygen atoms in total. The molecule has 12 atom stereocenters. The molecule has 34 heteroatoms. The van der Waals surface area contributed by atoms with Gasteiger partial charge in [-0.05, 0) is 171 Å². The summed E-state index contributed by atoms with van der Waals surface area (Å²) < 4.78 is 136. The van der Waals surface area contributed by atoms with E-state index in [0.717, 1.165) is 29.4 Å². The van der Waals surface area contributed by atoms with Crippen molar-refractivity contribution in [2.24, 2.45) is 41.4 Å². The predicted molar refractivity (Wildman–Crippen MR) is 393 cm³/mol. The lowest BCUT2D eigenvalue weighted by molar-refractivity contribution is -0.219. The molecule has 0 radical (unpaired) electrons. The number of hydrogen-bond donors (Lipinski definition) is 3. The molecule has 634 valence electrons. The van der Waals surface area contributed by atoms with Crippen molar-refractivity contribution >= 4 is 70.9 Å². The molecular weight excluding hydrogens is 1480 g/mol. The van der Waals surface area contributed by atoms with Gasteiger partial charge in [0, 0.05) is 82.5 Å². The van der Waals surface area contributed by atoms with E-state index in [-0.39, 0.29) is 109 Å². The van der Waals surface area contributed by atoms with Crippen molar-refractivity contribution in [3.8, 4) is 0 Å². The second-order valence-corrected chi connectivity index (χ2v) is 33.7. The van der Waals surface area contributed by atoms with Crippen LogP contribution in [0.1, 0.15) is 201 Å². The molecule has 5 aliphatic carbocycles. The summed E-state index contributed by atoms with van der Waals surface area (Å²) in [4.78, 5) is 193. The second-order valence-electron chi connectivity index (χ2n) is 33.7. The molecule has 3 saturated heterocycles. The van der Waals surface area contributed by atoms with Crippen LogP contribution in [0.5, 0.6) is 0 Å². The van der Waals surface area contributed by atoms with Crippen LogP contribution in [0.15, 0.2) is 0 Å². The van der Waals surface area contributed by atoms with Crippen LogP contribution < -0.4 is 16.0 Å². The van der Waals surface area contributed by atoms with Gasteiger partial charge in [-0.15, -0.1) is 0 Å². The Morgan fingerprint density at radius 2 is 1.16 bits per heavy atom. The normalized spacial score (nSPS) is 33.2. The van der Waals surface area contributed by atoms with E-state index in [1.165, 1.54) is 71.1 Å². The van der Waals surface area contributed by atoms with Gasteiger partial charge in [0.2, 0.25) is 70.9 Å².